The van der Waals surface area contributed by atoms with E-state index in [1.54, 1.807) is 0 Å². The SMILES string of the molecule is CCS(=O)C1CCCC(NC(=NC)NCCCCN2CCN(c3ccccc3)CC2)C1. The number of rotatable bonds is 9. The van der Waals surface area contributed by atoms with Gasteiger partial charge in [-0.2, -0.15) is 0 Å². The molecule has 2 fully saturated rings. The summed E-state index contributed by atoms with van der Waals surface area (Å²) in [6.07, 6.45) is 6.75. The van der Waals surface area contributed by atoms with E-state index in [2.05, 4.69) is 55.8 Å². The molecule has 1 aromatic carbocycles. The summed E-state index contributed by atoms with van der Waals surface area (Å²) in [5.41, 5.74) is 1.34. The number of benzene rings is 1. The smallest absolute Gasteiger partial charge is 0.191 e. The Kier molecular flexibility index (Phi) is 10.1. The van der Waals surface area contributed by atoms with Crippen LogP contribution in [0.5, 0.6) is 0 Å². The molecule has 3 rings (SSSR count). The fourth-order valence-electron chi connectivity index (χ4n) is 4.67. The van der Waals surface area contributed by atoms with Gasteiger partial charge in [-0.3, -0.25) is 14.1 Å². The van der Waals surface area contributed by atoms with Crippen LogP contribution in [0.1, 0.15) is 45.4 Å². The summed E-state index contributed by atoms with van der Waals surface area (Å²) in [4.78, 5) is 9.47. The van der Waals surface area contributed by atoms with Crippen molar-refractivity contribution in [1.29, 1.82) is 0 Å². The quantitative estimate of drug-likeness (QED) is 0.346. The second-order valence-electron chi connectivity index (χ2n) is 8.67. The Morgan fingerprint density at radius 2 is 1.90 bits per heavy atom. The first-order chi connectivity index (χ1) is 15.2. The predicted molar refractivity (Wildman–Crippen MR) is 134 cm³/mol. The molecule has 1 heterocycles. The van der Waals surface area contributed by atoms with Crippen molar-refractivity contribution in [3.05, 3.63) is 30.3 Å². The van der Waals surface area contributed by atoms with E-state index in [1.807, 2.05) is 14.0 Å². The monoisotopic (exact) mass is 447 g/mol. The van der Waals surface area contributed by atoms with Gasteiger partial charge < -0.3 is 15.5 Å². The number of nitrogens with zero attached hydrogens (tertiary/aromatic N) is 3. The maximum absolute atomic E-state index is 12.2. The number of piperazine rings is 1. The van der Waals surface area contributed by atoms with Gasteiger partial charge in [-0.15, -0.1) is 0 Å². The molecule has 7 heteroatoms. The lowest BCUT2D eigenvalue weighted by atomic mass is 9.95. The minimum absolute atomic E-state index is 0.344. The highest BCUT2D eigenvalue weighted by Crippen LogP contribution is 2.23. The normalized spacial score (nSPS) is 24.1. The third kappa shape index (κ3) is 7.79. The third-order valence-corrected chi connectivity index (χ3v) is 8.27. The van der Waals surface area contributed by atoms with E-state index in [0.717, 1.165) is 76.5 Å². The first-order valence-corrected chi connectivity index (χ1v) is 13.4. The Morgan fingerprint density at radius 1 is 1.13 bits per heavy atom. The Balaban J connectivity index is 1.27. The minimum atomic E-state index is -0.683. The van der Waals surface area contributed by atoms with Crippen LogP contribution in [-0.2, 0) is 10.8 Å². The third-order valence-electron chi connectivity index (χ3n) is 6.53. The van der Waals surface area contributed by atoms with Gasteiger partial charge in [0.15, 0.2) is 5.96 Å². The maximum atomic E-state index is 12.2. The Hall–Kier alpha value is -1.60. The van der Waals surface area contributed by atoms with Crippen LogP contribution in [0.25, 0.3) is 0 Å². The van der Waals surface area contributed by atoms with Crippen LogP contribution in [-0.4, -0.2) is 78.4 Å². The Bertz CT molecular complexity index is 690. The lowest BCUT2D eigenvalue weighted by Gasteiger charge is -2.36. The maximum Gasteiger partial charge on any atom is 0.191 e. The van der Waals surface area contributed by atoms with Crippen LogP contribution in [0.3, 0.4) is 0 Å². The fraction of sp³-hybridized carbons (Fsp3) is 0.708. The molecule has 6 nitrogen and oxygen atoms in total. The molecular weight excluding hydrogens is 406 g/mol. The van der Waals surface area contributed by atoms with Gasteiger partial charge in [0.25, 0.3) is 0 Å². The predicted octanol–water partition coefficient (Wildman–Crippen LogP) is 2.83. The highest BCUT2D eigenvalue weighted by Gasteiger charge is 2.26. The summed E-state index contributed by atoms with van der Waals surface area (Å²) in [6, 6.07) is 11.1. The largest absolute Gasteiger partial charge is 0.369 e. The molecule has 1 aliphatic heterocycles. The van der Waals surface area contributed by atoms with Crippen LogP contribution in [0.2, 0.25) is 0 Å². The Morgan fingerprint density at radius 3 is 2.61 bits per heavy atom. The first-order valence-electron chi connectivity index (χ1n) is 12.1. The van der Waals surface area contributed by atoms with E-state index in [0.29, 0.717) is 11.3 Å². The van der Waals surface area contributed by atoms with E-state index in [4.69, 9.17) is 0 Å². The van der Waals surface area contributed by atoms with Crippen molar-refractivity contribution in [2.75, 3.05) is 57.0 Å². The number of anilines is 1. The number of unbranched alkanes of at least 4 members (excludes halogenated alkanes) is 1. The van der Waals surface area contributed by atoms with Gasteiger partial charge in [-0.25, -0.2) is 0 Å². The summed E-state index contributed by atoms with van der Waals surface area (Å²) in [6.45, 7) is 8.66. The molecule has 0 aromatic heterocycles. The zero-order valence-electron chi connectivity index (χ0n) is 19.4. The standard InChI is InChI=1S/C24H41N5OS/c1-3-31(30)23-13-9-10-21(20-23)27-24(25-2)26-14-7-8-15-28-16-18-29(19-17-28)22-11-5-4-6-12-22/h4-6,11-12,21,23H,3,7-10,13-20H2,1-2H3,(H2,25,26,27). The van der Waals surface area contributed by atoms with Crippen molar-refractivity contribution >= 4 is 22.4 Å². The summed E-state index contributed by atoms with van der Waals surface area (Å²) in [7, 11) is 1.16. The van der Waals surface area contributed by atoms with Crippen LogP contribution in [0.4, 0.5) is 5.69 Å². The van der Waals surface area contributed by atoms with Crippen LogP contribution >= 0.6 is 0 Å². The average molecular weight is 448 g/mol. The van der Waals surface area contributed by atoms with Gasteiger partial charge in [0, 0.05) is 73.3 Å². The van der Waals surface area contributed by atoms with Gasteiger partial charge in [0.2, 0.25) is 0 Å². The van der Waals surface area contributed by atoms with Crippen molar-refractivity contribution in [2.45, 2.75) is 56.7 Å². The molecule has 0 radical (unpaired) electrons. The molecule has 0 spiro atoms. The number of guanidine groups is 1. The molecule has 1 aliphatic carbocycles. The zero-order chi connectivity index (χ0) is 21.9. The van der Waals surface area contributed by atoms with Crippen molar-refractivity contribution in [2.24, 2.45) is 4.99 Å². The second kappa shape index (κ2) is 13.1. The summed E-state index contributed by atoms with van der Waals surface area (Å²) in [5.74, 6) is 1.66. The van der Waals surface area contributed by atoms with Crippen LogP contribution in [0.15, 0.2) is 35.3 Å². The first kappa shape index (κ1) is 24.1. The summed E-state index contributed by atoms with van der Waals surface area (Å²) < 4.78 is 12.2. The molecule has 1 saturated carbocycles. The van der Waals surface area contributed by atoms with E-state index < -0.39 is 10.8 Å². The Labute approximate surface area is 191 Å². The van der Waals surface area contributed by atoms with Crippen molar-refractivity contribution in [3.63, 3.8) is 0 Å². The molecule has 2 N–H and O–H groups in total. The average Bonchev–Trinajstić information content (AvgIpc) is 2.83. The highest BCUT2D eigenvalue weighted by molar-refractivity contribution is 7.85. The van der Waals surface area contributed by atoms with Gasteiger partial charge in [0.1, 0.15) is 0 Å². The van der Waals surface area contributed by atoms with E-state index in [1.165, 1.54) is 18.7 Å². The number of aliphatic imine (C=N–C) groups is 1. The fourth-order valence-corrected chi connectivity index (χ4v) is 6.02. The second-order valence-corrected chi connectivity index (χ2v) is 10.7. The lowest BCUT2D eigenvalue weighted by Crippen LogP contribution is -2.47. The van der Waals surface area contributed by atoms with Gasteiger partial charge in [-0.05, 0) is 50.8 Å². The minimum Gasteiger partial charge on any atom is -0.369 e. The van der Waals surface area contributed by atoms with E-state index in [-0.39, 0.29) is 0 Å². The molecule has 0 amide bonds. The summed E-state index contributed by atoms with van der Waals surface area (Å²) >= 11 is 0. The number of nitrogens with one attached hydrogen (secondary N) is 2. The van der Waals surface area contributed by atoms with Gasteiger partial charge in [-0.1, -0.05) is 31.5 Å². The van der Waals surface area contributed by atoms with Crippen molar-refractivity contribution in [1.82, 2.24) is 15.5 Å². The molecule has 174 valence electrons. The topological polar surface area (TPSA) is 60.0 Å². The number of hydrogen-bond donors (Lipinski definition) is 2. The summed E-state index contributed by atoms with van der Waals surface area (Å²) in [5, 5.41) is 7.39. The molecule has 31 heavy (non-hydrogen) atoms. The van der Waals surface area contributed by atoms with Crippen molar-refractivity contribution < 1.29 is 4.21 Å². The zero-order valence-corrected chi connectivity index (χ0v) is 20.2. The lowest BCUT2D eigenvalue weighted by molar-refractivity contribution is 0.253. The molecule has 3 unspecified atom stereocenters. The van der Waals surface area contributed by atoms with Crippen LogP contribution in [0, 0.1) is 0 Å². The molecular formula is C24H41N5OS. The van der Waals surface area contributed by atoms with Crippen molar-refractivity contribution in [3.8, 4) is 0 Å². The van der Waals surface area contributed by atoms with E-state index in [9.17, 15) is 4.21 Å². The molecule has 2 aliphatic rings. The number of para-hydroxylation sites is 1. The van der Waals surface area contributed by atoms with Crippen LogP contribution < -0.4 is 15.5 Å². The van der Waals surface area contributed by atoms with Gasteiger partial charge >= 0.3 is 0 Å². The van der Waals surface area contributed by atoms with E-state index >= 15 is 0 Å². The number of hydrogen-bond acceptors (Lipinski definition) is 4. The molecule has 1 aromatic rings. The van der Waals surface area contributed by atoms with Gasteiger partial charge in [0.05, 0.1) is 0 Å². The highest BCUT2D eigenvalue weighted by atomic mass is 32.2. The molecule has 0 bridgehead atoms. The molecule has 1 saturated heterocycles. The molecule has 3 atom stereocenters.